The molecule has 4 amide bonds. The van der Waals surface area contributed by atoms with Gasteiger partial charge < -0.3 is 26.0 Å². The van der Waals surface area contributed by atoms with Gasteiger partial charge in [0.15, 0.2) is 0 Å². The van der Waals surface area contributed by atoms with Crippen LogP contribution in [0.25, 0.3) is 0 Å². The van der Waals surface area contributed by atoms with E-state index in [1.165, 1.54) is 0 Å². The van der Waals surface area contributed by atoms with Crippen LogP contribution in [0.15, 0.2) is 72.8 Å². The Kier molecular flexibility index (Phi) is 13.1. The highest BCUT2D eigenvalue weighted by Gasteiger charge is 2.30. The van der Waals surface area contributed by atoms with Crippen LogP contribution in [0.4, 0.5) is 4.79 Å². The molecule has 2 aromatic carbocycles. The summed E-state index contributed by atoms with van der Waals surface area (Å²) in [4.78, 5) is 52.2. The fourth-order valence-corrected chi connectivity index (χ4v) is 5.01. The lowest BCUT2D eigenvalue weighted by atomic mass is 9.91. The number of piperidine rings is 1. The van der Waals surface area contributed by atoms with E-state index >= 15 is 0 Å². The quantitative estimate of drug-likeness (QED) is 0.253. The molecule has 1 saturated heterocycles. The third-order valence-electron chi connectivity index (χ3n) is 7.13. The van der Waals surface area contributed by atoms with E-state index in [-0.39, 0.29) is 42.7 Å². The van der Waals surface area contributed by atoms with E-state index in [2.05, 4.69) is 21.3 Å². The lowest BCUT2D eigenvalue weighted by Crippen LogP contribution is -2.56. The Balaban J connectivity index is 1.71. The number of hydrogen-bond acceptors (Lipinski definition) is 5. The van der Waals surface area contributed by atoms with Gasteiger partial charge in [0.05, 0.1) is 0 Å². The van der Waals surface area contributed by atoms with Crippen molar-refractivity contribution in [3.8, 4) is 0 Å². The number of alkyl carbamates (subject to hydrolysis) is 1. The molecule has 0 spiro atoms. The Morgan fingerprint density at radius 3 is 2.19 bits per heavy atom. The van der Waals surface area contributed by atoms with Crippen molar-refractivity contribution in [2.45, 2.75) is 77.6 Å². The van der Waals surface area contributed by atoms with E-state index in [1.54, 1.807) is 0 Å². The number of hydrogen-bond donors (Lipinski definition) is 4. The summed E-state index contributed by atoms with van der Waals surface area (Å²) in [5.74, 6) is -0.922. The van der Waals surface area contributed by atoms with Gasteiger partial charge in [0.1, 0.15) is 18.7 Å². The number of ether oxygens (including phenoxy) is 1. The molecule has 0 radical (unpaired) electrons. The van der Waals surface area contributed by atoms with Crippen molar-refractivity contribution >= 4 is 23.8 Å². The second kappa shape index (κ2) is 17.0. The largest absolute Gasteiger partial charge is 0.445 e. The van der Waals surface area contributed by atoms with Crippen LogP contribution in [0.1, 0.15) is 57.6 Å². The zero-order valence-corrected chi connectivity index (χ0v) is 24.8. The van der Waals surface area contributed by atoms with Gasteiger partial charge in [-0.1, -0.05) is 86.7 Å². The molecule has 9 nitrogen and oxygen atoms in total. The van der Waals surface area contributed by atoms with Gasteiger partial charge in [0, 0.05) is 24.9 Å². The van der Waals surface area contributed by atoms with Crippen LogP contribution in [0, 0.1) is 11.8 Å². The van der Waals surface area contributed by atoms with Gasteiger partial charge in [0.2, 0.25) is 17.7 Å². The van der Waals surface area contributed by atoms with Crippen molar-refractivity contribution in [2.24, 2.45) is 11.8 Å². The Hall–Kier alpha value is -4.14. The minimum absolute atomic E-state index is 0.000826. The molecule has 4 N–H and O–H groups in total. The monoisotopic (exact) mass is 576 g/mol. The van der Waals surface area contributed by atoms with Gasteiger partial charge in [-0.3, -0.25) is 14.4 Å². The number of carbonyl (C=O) groups excluding carboxylic acids is 4. The van der Waals surface area contributed by atoms with Crippen molar-refractivity contribution in [1.29, 1.82) is 0 Å². The first-order chi connectivity index (χ1) is 20.2. The van der Waals surface area contributed by atoms with Gasteiger partial charge in [-0.05, 0) is 49.7 Å². The second-order valence-electron chi connectivity index (χ2n) is 11.1. The van der Waals surface area contributed by atoms with Crippen molar-refractivity contribution in [3.63, 3.8) is 0 Å². The standard InChI is InChI=1S/C33H44N4O5/c1-4-12-27(21-26-17-11-18-34-30(26)38)35-31(39)29(20-24-13-7-5-8-14-24)36-32(40)28(19-23(2)3)37-33(41)42-22-25-15-9-6-10-16-25/h4-10,12-16,23,26-29H,11,17-22H2,1-3H3,(H,34,38)(H,35,39)(H,36,40)(H,37,41)/b12-4+. The fraction of sp³-hybridized carbons (Fsp3) is 0.455. The maximum atomic E-state index is 13.6. The first-order valence-corrected chi connectivity index (χ1v) is 14.8. The van der Waals surface area contributed by atoms with Crippen LogP contribution < -0.4 is 21.3 Å². The number of amides is 4. The average molecular weight is 577 g/mol. The van der Waals surface area contributed by atoms with E-state index in [4.69, 9.17) is 4.74 Å². The molecule has 1 aliphatic heterocycles. The molecule has 0 saturated carbocycles. The molecule has 4 unspecified atom stereocenters. The predicted molar refractivity (Wildman–Crippen MR) is 162 cm³/mol. The molecule has 3 rings (SSSR count). The van der Waals surface area contributed by atoms with E-state index in [0.717, 1.165) is 24.0 Å². The topological polar surface area (TPSA) is 126 Å². The minimum Gasteiger partial charge on any atom is -0.445 e. The molecule has 1 fully saturated rings. The predicted octanol–water partition coefficient (Wildman–Crippen LogP) is 4.03. The minimum atomic E-state index is -0.898. The summed E-state index contributed by atoms with van der Waals surface area (Å²) in [6.07, 6.45) is 5.77. The number of carbonyl (C=O) groups is 4. The summed E-state index contributed by atoms with van der Waals surface area (Å²) in [7, 11) is 0. The Bertz CT molecular complexity index is 1190. The lowest BCUT2D eigenvalue weighted by Gasteiger charge is -2.28. The van der Waals surface area contributed by atoms with E-state index in [1.807, 2.05) is 93.6 Å². The number of nitrogens with one attached hydrogen (secondary N) is 4. The molecule has 1 heterocycles. The van der Waals surface area contributed by atoms with Gasteiger partial charge in [-0.15, -0.1) is 0 Å². The lowest BCUT2D eigenvalue weighted by molar-refractivity contribution is -0.130. The molecular weight excluding hydrogens is 532 g/mol. The highest BCUT2D eigenvalue weighted by atomic mass is 16.5. The molecule has 0 aliphatic carbocycles. The van der Waals surface area contributed by atoms with Crippen LogP contribution in [0.5, 0.6) is 0 Å². The third kappa shape index (κ3) is 11.0. The number of rotatable bonds is 14. The van der Waals surface area contributed by atoms with Crippen LogP contribution >= 0.6 is 0 Å². The third-order valence-corrected chi connectivity index (χ3v) is 7.13. The summed E-state index contributed by atoms with van der Waals surface area (Å²) < 4.78 is 5.35. The maximum Gasteiger partial charge on any atom is 0.408 e. The first-order valence-electron chi connectivity index (χ1n) is 14.8. The van der Waals surface area contributed by atoms with Crippen molar-refractivity contribution in [1.82, 2.24) is 21.3 Å². The molecule has 226 valence electrons. The molecular formula is C33H44N4O5. The van der Waals surface area contributed by atoms with E-state index in [9.17, 15) is 19.2 Å². The maximum absolute atomic E-state index is 13.6. The zero-order chi connectivity index (χ0) is 30.3. The number of allylic oxidation sites excluding steroid dienone is 1. The second-order valence-corrected chi connectivity index (χ2v) is 11.1. The van der Waals surface area contributed by atoms with Gasteiger partial charge in [-0.2, -0.15) is 0 Å². The molecule has 2 aromatic rings. The van der Waals surface area contributed by atoms with Crippen molar-refractivity contribution in [2.75, 3.05) is 6.54 Å². The fourth-order valence-electron chi connectivity index (χ4n) is 5.01. The Morgan fingerprint density at radius 2 is 1.57 bits per heavy atom. The Labute approximate surface area is 248 Å². The summed E-state index contributed by atoms with van der Waals surface area (Å²) in [5, 5.41) is 11.5. The molecule has 4 atom stereocenters. The molecule has 42 heavy (non-hydrogen) atoms. The van der Waals surface area contributed by atoms with Crippen molar-refractivity contribution in [3.05, 3.63) is 83.9 Å². The summed E-state index contributed by atoms with van der Waals surface area (Å²) in [6.45, 7) is 6.52. The summed E-state index contributed by atoms with van der Waals surface area (Å²) in [5.41, 5.74) is 1.71. The van der Waals surface area contributed by atoms with Crippen molar-refractivity contribution < 1.29 is 23.9 Å². The normalized spacial score (nSPS) is 17.1. The van der Waals surface area contributed by atoms with E-state index in [0.29, 0.717) is 19.4 Å². The molecule has 0 bridgehead atoms. The van der Waals surface area contributed by atoms with Gasteiger partial charge in [0.25, 0.3) is 0 Å². The summed E-state index contributed by atoms with van der Waals surface area (Å²) in [6, 6.07) is 16.6. The highest BCUT2D eigenvalue weighted by molar-refractivity contribution is 5.91. The zero-order valence-electron chi connectivity index (χ0n) is 24.8. The van der Waals surface area contributed by atoms with Crippen LogP contribution in [0.2, 0.25) is 0 Å². The highest BCUT2D eigenvalue weighted by Crippen LogP contribution is 2.18. The summed E-state index contributed by atoms with van der Waals surface area (Å²) >= 11 is 0. The van der Waals surface area contributed by atoms with Crippen LogP contribution in [-0.4, -0.2) is 48.5 Å². The molecule has 9 heteroatoms. The number of benzene rings is 2. The smallest absolute Gasteiger partial charge is 0.408 e. The molecule has 1 aliphatic rings. The Morgan fingerprint density at radius 1 is 0.929 bits per heavy atom. The molecule has 0 aromatic heterocycles. The van der Waals surface area contributed by atoms with Gasteiger partial charge >= 0.3 is 6.09 Å². The SMILES string of the molecule is C/C=C/C(CC1CCCNC1=O)NC(=O)C(Cc1ccccc1)NC(=O)C(CC(C)C)NC(=O)OCc1ccccc1. The average Bonchev–Trinajstić information content (AvgIpc) is 2.97. The van der Waals surface area contributed by atoms with Crippen LogP contribution in [0.3, 0.4) is 0 Å². The van der Waals surface area contributed by atoms with Gasteiger partial charge in [-0.25, -0.2) is 4.79 Å². The first kappa shape index (κ1) is 32.4. The van der Waals surface area contributed by atoms with E-state index < -0.39 is 24.1 Å². The van der Waals surface area contributed by atoms with Crippen LogP contribution in [-0.2, 0) is 32.1 Å².